The van der Waals surface area contributed by atoms with Crippen molar-refractivity contribution >= 4 is 45.5 Å². The second-order valence-electron chi connectivity index (χ2n) is 7.64. The molecule has 0 bridgehead atoms. The number of halogens is 2. The molecule has 0 radical (unpaired) electrons. The molecule has 0 saturated heterocycles. The van der Waals surface area contributed by atoms with Gasteiger partial charge in [0.2, 0.25) is 0 Å². The number of aromatic amines is 1. The van der Waals surface area contributed by atoms with E-state index in [1.807, 2.05) is 42.6 Å². The SMILES string of the molecule is N#C/C(=C/c1ccc(OCc2cccc(F)c2)c(I)c1)C(=O)NCCc1c[nH]c2ccccc12. The van der Waals surface area contributed by atoms with Gasteiger partial charge in [-0.25, -0.2) is 4.39 Å². The van der Waals surface area contributed by atoms with Gasteiger partial charge in [-0.05, 0) is 82.1 Å². The monoisotopic (exact) mass is 565 g/mol. The molecule has 0 aliphatic carbocycles. The van der Waals surface area contributed by atoms with Gasteiger partial charge in [0.1, 0.15) is 29.8 Å². The van der Waals surface area contributed by atoms with Gasteiger partial charge in [0.25, 0.3) is 5.91 Å². The second kappa shape index (κ2) is 11.0. The Morgan fingerprint density at radius 1 is 1.15 bits per heavy atom. The largest absolute Gasteiger partial charge is 0.488 e. The Morgan fingerprint density at radius 3 is 2.79 bits per heavy atom. The summed E-state index contributed by atoms with van der Waals surface area (Å²) >= 11 is 2.13. The Bertz CT molecular complexity index is 1400. The molecule has 1 heterocycles. The van der Waals surface area contributed by atoms with Crippen molar-refractivity contribution in [1.82, 2.24) is 10.3 Å². The van der Waals surface area contributed by atoms with Crippen LogP contribution in [0, 0.1) is 20.7 Å². The molecule has 7 heteroatoms. The average Bonchev–Trinajstić information content (AvgIpc) is 3.25. The number of amides is 1. The van der Waals surface area contributed by atoms with E-state index < -0.39 is 5.91 Å². The molecule has 2 N–H and O–H groups in total. The van der Waals surface area contributed by atoms with Gasteiger partial charge in [-0.15, -0.1) is 0 Å². The normalized spacial score (nSPS) is 11.3. The molecule has 34 heavy (non-hydrogen) atoms. The summed E-state index contributed by atoms with van der Waals surface area (Å²) in [6, 6.07) is 21.6. The highest BCUT2D eigenvalue weighted by Crippen LogP contribution is 2.24. The zero-order chi connectivity index (χ0) is 23.9. The molecular formula is C27H21FIN3O2. The van der Waals surface area contributed by atoms with Crippen LogP contribution in [0.25, 0.3) is 17.0 Å². The molecule has 0 saturated carbocycles. The third-order valence-electron chi connectivity index (χ3n) is 5.27. The summed E-state index contributed by atoms with van der Waals surface area (Å²) < 4.78 is 19.9. The van der Waals surface area contributed by atoms with E-state index in [2.05, 4.69) is 32.9 Å². The number of benzene rings is 3. The lowest BCUT2D eigenvalue weighted by atomic mass is 10.1. The maximum absolute atomic E-state index is 13.3. The molecule has 0 fully saturated rings. The fraction of sp³-hybridized carbons (Fsp3) is 0.111. The number of carbonyl (C=O) groups excluding carboxylic acids is 1. The van der Waals surface area contributed by atoms with Gasteiger partial charge in [-0.1, -0.05) is 36.4 Å². The van der Waals surface area contributed by atoms with Crippen molar-refractivity contribution in [3.05, 3.63) is 105 Å². The maximum Gasteiger partial charge on any atom is 0.261 e. The van der Waals surface area contributed by atoms with E-state index in [9.17, 15) is 14.4 Å². The standard InChI is InChI=1S/C27H21FIN3O2/c28-22-5-3-4-19(13-22)17-34-26-9-8-18(14-24(26)29)12-21(15-30)27(33)31-11-10-20-16-32-25-7-2-1-6-23(20)25/h1-9,12-14,16,32H,10-11,17H2,(H,31,33)/b21-12-. The Kier molecular flexibility index (Phi) is 7.60. The Labute approximate surface area is 210 Å². The Hall–Kier alpha value is -3.64. The van der Waals surface area contributed by atoms with Crippen LogP contribution in [-0.2, 0) is 17.8 Å². The highest BCUT2D eigenvalue weighted by Gasteiger charge is 2.11. The van der Waals surface area contributed by atoms with Crippen LogP contribution in [0.1, 0.15) is 16.7 Å². The first-order valence-electron chi connectivity index (χ1n) is 10.7. The molecule has 0 aliphatic heterocycles. The van der Waals surface area contributed by atoms with Crippen molar-refractivity contribution in [2.24, 2.45) is 0 Å². The Morgan fingerprint density at radius 2 is 2.00 bits per heavy atom. The van der Waals surface area contributed by atoms with E-state index in [-0.39, 0.29) is 18.0 Å². The molecule has 4 aromatic rings. The van der Waals surface area contributed by atoms with Gasteiger partial charge in [0, 0.05) is 23.6 Å². The number of para-hydroxylation sites is 1. The number of aromatic nitrogens is 1. The minimum absolute atomic E-state index is 0.0307. The van der Waals surface area contributed by atoms with E-state index in [1.54, 1.807) is 30.3 Å². The number of rotatable bonds is 8. The second-order valence-corrected chi connectivity index (χ2v) is 8.81. The fourth-order valence-corrected chi connectivity index (χ4v) is 4.27. The van der Waals surface area contributed by atoms with Gasteiger partial charge < -0.3 is 15.0 Å². The first kappa shape index (κ1) is 23.5. The third kappa shape index (κ3) is 5.83. The van der Waals surface area contributed by atoms with Crippen molar-refractivity contribution < 1.29 is 13.9 Å². The minimum Gasteiger partial charge on any atom is -0.488 e. The molecular weight excluding hydrogens is 544 g/mol. The molecule has 5 nitrogen and oxygen atoms in total. The van der Waals surface area contributed by atoms with Crippen LogP contribution < -0.4 is 10.1 Å². The summed E-state index contributed by atoms with van der Waals surface area (Å²) in [6.45, 7) is 0.662. The van der Waals surface area contributed by atoms with Crippen LogP contribution in [0.15, 0.2) is 78.5 Å². The van der Waals surface area contributed by atoms with Gasteiger partial charge in [0.15, 0.2) is 0 Å². The van der Waals surface area contributed by atoms with Crippen molar-refractivity contribution in [2.45, 2.75) is 13.0 Å². The summed E-state index contributed by atoms with van der Waals surface area (Å²) in [6.07, 6.45) is 4.15. The van der Waals surface area contributed by atoms with Crippen molar-refractivity contribution in [2.75, 3.05) is 6.54 Å². The highest BCUT2D eigenvalue weighted by atomic mass is 127. The van der Waals surface area contributed by atoms with Crippen LogP contribution in [0.5, 0.6) is 5.75 Å². The topological polar surface area (TPSA) is 77.9 Å². The third-order valence-corrected chi connectivity index (χ3v) is 6.11. The van der Waals surface area contributed by atoms with Crippen molar-refractivity contribution in [3.63, 3.8) is 0 Å². The number of carbonyl (C=O) groups is 1. The molecule has 4 rings (SSSR count). The minimum atomic E-state index is -0.413. The van der Waals surface area contributed by atoms with Gasteiger partial charge in [0.05, 0.1) is 3.57 Å². The molecule has 1 amide bonds. The number of nitrogens with one attached hydrogen (secondary N) is 2. The van der Waals surface area contributed by atoms with E-state index in [0.717, 1.165) is 25.6 Å². The first-order chi connectivity index (χ1) is 16.5. The number of nitriles is 1. The summed E-state index contributed by atoms with van der Waals surface area (Å²) in [4.78, 5) is 15.8. The number of fused-ring (bicyclic) bond motifs is 1. The fourth-order valence-electron chi connectivity index (χ4n) is 3.57. The number of ether oxygens (including phenoxy) is 1. The lowest BCUT2D eigenvalue weighted by Crippen LogP contribution is -2.26. The quantitative estimate of drug-likeness (QED) is 0.162. The van der Waals surface area contributed by atoms with E-state index in [4.69, 9.17) is 4.74 Å². The lowest BCUT2D eigenvalue weighted by molar-refractivity contribution is -0.117. The van der Waals surface area contributed by atoms with Gasteiger partial charge in [-0.2, -0.15) is 5.26 Å². The summed E-state index contributed by atoms with van der Waals surface area (Å²) in [5.41, 5.74) is 3.64. The zero-order valence-electron chi connectivity index (χ0n) is 18.1. The summed E-state index contributed by atoms with van der Waals surface area (Å²) in [5.74, 6) is -0.0764. The van der Waals surface area contributed by atoms with Crippen LogP contribution >= 0.6 is 22.6 Å². The molecule has 0 atom stereocenters. The van der Waals surface area contributed by atoms with Gasteiger partial charge in [-0.3, -0.25) is 4.79 Å². The smallest absolute Gasteiger partial charge is 0.261 e. The van der Waals surface area contributed by atoms with Crippen molar-refractivity contribution in [1.29, 1.82) is 5.26 Å². The molecule has 170 valence electrons. The van der Waals surface area contributed by atoms with E-state index >= 15 is 0 Å². The molecule has 1 aromatic heterocycles. The maximum atomic E-state index is 13.3. The molecule has 0 unspecified atom stereocenters. The molecule has 0 aliphatic rings. The number of H-pyrrole nitrogens is 1. The summed E-state index contributed by atoms with van der Waals surface area (Å²) in [7, 11) is 0. The highest BCUT2D eigenvalue weighted by molar-refractivity contribution is 14.1. The number of hydrogen-bond acceptors (Lipinski definition) is 3. The predicted molar refractivity (Wildman–Crippen MR) is 138 cm³/mol. The molecule has 0 spiro atoms. The number of nitrogens with zero attached hydrogens (tertiary/aromatic N) is 1. The number of hydrogen-bond donors (Lipinski definition) is 2. The van der Waals surface area contributed by atoms with Crippen LogP contribution in [0.2, 0.25) is 0 Å². The van der Waals surface area contributed by atoms with E-state index in [0.29, 0.717) is 24.3 Å². The lowest BCUT2D eigenvalue weighted by Gasteiger charge is -2.09. The van der Waals surface area contributed by atoms with E-state index in [1.165, 1.54) is 12.1 Å². The van der Waals surface area contributed by atoms with Gasteiger partial charge >= 0.3 is 0 Å². The van der Waals surface area contributed by atoms with Crippen LogP contribution in [0.3, 0.4) is 0 Å². The zero-order valence-corrected chi connectivity index (χ0v) is 20.3. The predicted octanol–water partition coefficient (Wildman–Crippen LogP) is 5.76. The van der Waals surface area contributed by atoms with Crippen LogP contribution in [0.4, 0.5) is 4.39 Å². The van der Waals surface area contributed by atoms with Crippen molar-refractivity contribution in [3.8, 4) is 11.8 Å². The average molecular weight is 565 g/mol. The molecule has 3 aromatic carbocycles. The summed E-state index contributed by atoms with van der Waals surface area (Å²) in [5, 5.41) is 13.4. The first-order valence-corrected chi connectivity index (χ1v) is 11.7. The Balaban J connectivity index is 1.36. The van der Waals surface area contributed by atoms with Crippen LogP contribution in [-0.4, -0.2) is 17.4 Å².